The molecule has 1 amide bonds. The highest BCUT2D eigenvalue weighted by Gasteiger charge is 2.27. The number of nitrogens with zero attached hydrogens (tertiary/aromatic N) is 4. The van der Waals surface area contributed by atoms with Crippen molar-refractivity contribution >= 4 is 51.9 Å². The van der Waals surface area contributed by atoms with E-state index in [2.05, 4.69) is 63.4 Å². The van der Waals surface area contributed by atoms with Crippen LogP contribution in [0.3, 0.4) is 0 Å². The molecule has 0 saturated heterocycles. The van der Waals surface area contributed by atoms with E-state index < -0.39 is 0 Å². The Bertz CT molecular complexity index is 1550. The molecule has 186 valence electrons. The van der Waals surface area contributed by atoms with Crippen LogP contribution in [0.4, 0.5) is 10.5 Å². The lowest BCUT2D eigenvalue weighted by Gasteiger charge is -2.27. The number of benzene rings is 2. The molecule has 8 heteroatoms. The molecule has 0 radical (unpaired) electrons. The van der Waals surface area contributed by atoms with E-state index >= 15 is 0 Å². The van der Waals surface area contributed by atoms with E-state index in [1.54, 1.807) is 22.9 Å². The lowest BCUT2D eigenvalue weighted by molar-refractivity contribution is 0.240. The lowest BCUT2D eigenvalue weighted by atomic mass is 10.0. The van der Waals surface area contributed by atoms with E-state index in [1.165, 1.54) is 11.1 Å². The molecule has 6 nitrogen and oxygen atoms in total. The number of nitrogens with one attached hydrogen (secondary N) is 1. The molecule has 4 aromatic rings. The van der Waals surface area contributed by atoms with Crippen LogP contribution in [0, 0.1) is 13.5 Å². The van der Waals surface area contributed by atoms with Crippen molar-refractivity contribution in [2.45, 2.75) is 26.4 Å². The van der Waals surface area contributed by atoms with E-state index in [9.17, 15) is 4.79 Å². The summed E-state index contributed by atoms with van der Waals surface area (Å²) in [6, 6.07) is 15.3. The van der Waals surface area contributed by atoms with Crippen molar-refractivity contribution in [2.75, 3.05) is 13.1 Å². The van der Waals surface area contributed by atoms with Gasteiger partial charge in [0.25, 0.3) is 0 Å². The number of aryl methyl sites for hydroxylation is 1. The van der Waals surface area contributed by atoms with Gasteiger partial charge in [-0.2, -0.15) is 0 Å². The van der Waals surface area contributed by atoms with Gasteiger partial charge in [-0.25, -0.2) is 14.6 Å². The van der Waals surface area contributed by atoms with Crippen molar-refractivity contribution in [3.63, 3.8) is 0 Å². The van der Waals surface area contributed by atoms with Crippen molar-refractivity contribution in [3.05, 3.63) is 110 Å². The van der Waals surface area contributed by atoms with Crippen LogP contribution >= 0.6 is 23.2 Å². The predicted octanol–water partition coefficient (Wildman–Crippen LogP) is 7.03. The molecule has 0 saturated carbocycles. The summed E-state index contributed by atoms with van der Waals surface area (Å²) in [5, 5.41) is 4.67. The zero-order valence-corrected chi connectivity index (χ0v) is 21.9. The minimum absolute atomic E-state index is 0.245. The zero-order valence-electron chi connectivity index (χ0n) is 20.3. The molecule has 0 bridgehead atoms. The van der Waals surface area contributed by atoms with Crippen LogP contribution in [-0.4, -0.2) is 33.6 Å². The van der Waals surface area contributed by atoms with Crippen LogP contribution in [0.15, 0.2) is 60.8 Å². The molecule has 3 heterocycles. The number of hydrogen-bond donors (Lipinski definition) is 1. The molecule has 37 heavy (non-hydrogen) atoms. The molecule has 0 aliphatic carbocycles. The van der Waals surface area contributed by atoms with E-state index in [0.717, 1.165) is 35.3 Å². The first-order chi connectivity index (χ1) is 17.9. The van der Waals surface area contributed by atoms with Crippen LogP contribution in [0.25, 0.3) is 21.8 Å². The number of amides is 1. The summed E-state index contributed by atoms with van der Waals surface area (Å²) in [5.41, 5.74) is 6.33. The van der Waals surface area contributed by atoms with Crippen molar-refractivity contribution in [1.29, 1.82) is 0 Å². The Morgan fingerprint density at radius 3 is 2.76 bits per heavy atom. The van der Waals surface area contributed by atoms with Gasteiger partial charge in [0.15, 0.2) is 0 Å². The third kappa shape index (κ3) is 5.40. The van der Waals surface area contributed by atoms with E-state index in [4.69, 9.17) is 29.8 Å². The summed E-state index contributed by atoms with van der Waals surface area (Å²) in [6.45, 7) is 12.2. The van der Waals surface area contributed by atoms with Crippen molar-refractivity contribution in [2.24, 2.45) is 0 Å². The maximum atomic E-state index is 13.4. The van der Waals surface area contributed by atoms with Gasteiger partial charge in [-0.15, -0.1) is 0 Å². The predicted molar refractivity (Wildman–Crippen MR) is 149 cm³/mol. The number of rotatable bonds is 5. The monoisotopic (exact) mass is 529 g/mol. The van der Waals surface area contributed by atoms with Gasteiger partial charge >= 0.3 is 6.03 Å². The highest BCUT2D eigenvalue weighted by molar-refractivity contribution is 6.34. The molecule has 0 spiro atoms. The van der Waals surface area contributed by atoms with Crippen molar-refractivity contribution < 1.29 is 4.79 Å². The Kier molecular flexibility index (Phi) is 7.29. The van der Waals surface area contributed by atoms with Crippen molar-refractivity contribution in [1.82, 2.24) is 19.8 Å². The maximum Gasteiger partial charge on any atom is 0.326 e. The smallest absolute Gasteiger partial charge is 0.326 e. The Hall–Kier alpha value is -3.63. The summed E-state index contributed by atoms with van der Waals surface area (Å²) < 4.78 is 1.71. The lowest BCUT2D eigenvalue weighted by Crippen LogP contribution is -2.34. The average Bonchev–Trinajstić information content (AvgIpc) is 3.20. The number of halogens is 2. The van der Waals surface area contributed by atoms with Gasteiger partial charge < -0.3 is 5.32 Å². The van der Waals surface area contributed by atoms with Gasteiger partial charge in [-0.1, -0.05) is 65.2 Å². The fraction of sp³-hybridized carbons (Fsp3) is 0.207. The Morgan fingerprint density at radius 1 is 1.19 bits per heavy atom. The number of hydrogen-bond acceptors (Lipinski definition) is 3. The van der Waals surface area contributed by atoms with Crippen LogP contribution in [0.1, 0.15) is 27.9 Å². The number of carbonyl (C=O) groups excluding carboxylic acids is 1. The van der Waals surface area contributed by atoms with Gasteiger partial charge in [-0.05, 0) is 47.9 Å². The molecule has 2 aromatic carbocycles. The highest BCUT2D eigenvalue weighted by Crippen LogP contribution is 2.37. The fourth-order valence-corrected chi connectivity index (χ4v) is 5.12. The summed E-state index contributed by atoms with van der Waals surface area (Å²) in [7, 11) is 0. The first kappa shape index (κ1) is 25.0. The SMILES string of the molecule is [C-]#[N+]c1cc2c(cc1Cl)c1c(n2C(=O)NCc2ccnc(Cl)c2)CCN(C/C=C/c2ccc(C)cc2)C1. The molecule has 2 aromatic heterocycles. The van der Waals surface area contributed by atoms with E-state index in [0.29, 0.717) is 40.9 Å². The molecule has 0 unspecified atom stereocenters. The normalized spacial score (nSPS) is 13.6. The van der Waals surface area contributed by atoms with Gasteiger partial charge in [0.1, 0.15) is 5.15 Å². The summed E-state index contributed by atoms with van der Waals surface area (Å²) in [6.07, 6.45) is 6.63. The van der Waals surface area contributed by atoms with Crippen LogP contribution in [0.2, 0.25) is 10.2 Å². The van der Waals surface area contributed by atoms with Crippen LogP contribution < -0.4 is 5.32 Å². The Labute approximate surface area is 226 Å². The second kappa shape index (κ2) is 10.8. The standard InChI is InChI=1S/C29H25Cl2N5O/c1-19-5-7-20(8-6-19)4-3-12-35-13-10-26-23(18-35)22-15-24(30)25(32-2)16-27(22)36(26)29(37)34-17-21-9-11-33-28(31)14-21/h3-9,11,14-16H,10,12-13,17-18H2,1H3,(H,34,37)/b4-3+. The third-order valence-electron chi connectivity index (χ3n) is 6.61. The third-order valence-corrected chi connectivity index (χ3v) is 7.11. The second-order valence-corrected chi connectivity index (χ2v) is 9.93. The largest absolute Gasteiger partial charge is 0.333 e. The van der Waals surface area contributed by atoms with Gasteiger partial charge in [0, 0.05) is 60.4 Å². The van der Waals surface area contributed by atoms with Gasteiger partial charge in [-0.3, -0.25) is 9.47 Å². The molecular formula is C29H25Cl2N5O. The molecule has 1 aliphatic rings. The van der Waals surface area contributed by atoms with Gasteiger partial charge in [0.05, 0.1) is 6.57 Å². The number of pyridine rings is 1. The number of carbonyl (C=O) groups is 1. The molecular weight excluding hydrogens is 505 g/mol. The summed E-state index contributed by atoms with van der Waals surface area (Å²) >= 11 is 12.4. The first-order valence-corrected chi connectivity index (χ1v) is 12.8. The number of fused-ring (bicyclic) bond motifs is 3. The topological polar surface area (TPSA) is 54.5 Å². The summed E-state index contributed by atoms with van der Waals surface area (Å²) in [4.78, 5) is 23.3. The van der Waals surface area contributed by atoms with Gasteiger partial charge in [0.2, 0.25) is 5.69 Å². The fourth-order valence-electron chi connectivity index (χ4n) is 4.72. The highest BCUT2D eigenvalue weighted by atomic mass is 35.5. The molecule has 0 atom stereocenters. The Balaban J connectivity index is 1.42. The Morgan fingerprint density at radius 2 is 2.00 bits per heavy atom. The quantitative estimate of drug-likeness (QED) is 0.223. The van der Waals surface area contributed by atoms with E-state index in [-0.39, 0.29) is 6.03 Å². The molecule has 1 N–H and O–H groups in total. The van der Waals surface area contributed by atoms with E-state index in [1.807, 2.05) is 12.1 Å². The first-order valence-electron chi connectivity index (χ1n) is 12.0. The molecule has 0 fully saturated rings. The molecule has 1 aliphatic heterocycles. The second-order valence-electron chi connectivity index (χ2n) is 9.14. The van der Waals surface area contributed by atoms with Crippen molar-refractivity contribution in [3.8, 4) is 0 Å². The minimum atomic E-state index is -0.245. The summed E-state index contributed by atoms with van der Waals surface area (Å²) in [5.74, 6) is 0. The average molecular weight is 530 g/mol. The zero-order chi connectivity index (χ0) is 25.9. The number of aromatic nitrogens is 2. The molecule has 5 rings (SSSR count). The van der Waals surface area contributed by atoms with Crippen LogP contribution in [0.5, 0.6) is 0 Å². The maximum absolute atomic E-state index is 13.4. The van der Waals surface area contributed by atoms with Crippen LogP contribution in [-0.2, 0) is 19.5 Å². The minimum Gasteiger partial charge on any atom is -0.333 e.